The summed E-state index contributed by atoms with van der Waals surface area (Å²) in [5.74, 6) is 1.61. The molecule has 0 radical (unpaired) electrons. The average molecular weight is 426 g/mol. The Kier molecular flexibility index (Phi) is 10.6. The standard InChI is InChI=1S/C15H24ClN3O.HI/c1-5-17-15(19-11(2)3)18-9-8-12-6-7-13(20-4)10-14(12)16;/h6-7,10-11H,5,8-9H2,1-4H3,(H2,17,18,19);1H. The van der Waals surface area contributed by atoms with Crippen LogP contribution in [0.1, 0.15) is 26.3 Å². The number of benzene rings is 1. The van der Waals surface area contributed by atoms with Crippen LogP contribution < -0.4 is 15.4 Å². The highest BCUT2D eigenvalue weighted by Crippen LogP contribution is 2.22. The third-order valence-electron chi connectivity index (χ3n) is 2.68. The van der Waals surface area contributed by atoms with E-state index in [2.05, 4.69) is 36.4 Å². The van der Waals surface area contributed by atoms with Crippen LogP contribution in [0.25, 0.3) is 0 Å². The number of methoxy groups -OCH3 is 1. The lowest BCUT2D eigenvalue weighted by Gasteiger charge is -2.14. The molecule has 0 spiro atoms. The van der Waals surface area contributed by atoms with Crippen LogP contribution in [-0.2, 0) is 6.42 Å². The molecule has 0 unspecified atom stereocenters. The van der Waals surface area contributed by atoms with Gasteiger partial charge >= 0.3 is 0 Å². The summed E-state index contributed by atoms with van der Waals surface area (Å²) in [6, 6.07) is 6.09. The van der Waals surface area contributed by atoms with E-state index in [9.17, 15) is 0 Å². The second kappa shape index (κ2) is 11.0. The minimum absolute atomic E-state index is 0. The first-order valence-electron chi connectivity index (χ1n) is 6.94. The molecule has 0 aromatic heterocycles. The summed E-state index contributed by atoms with van der Waals surface area (Å²) in [6.07, 6.45) is 0.803. The summed E-state index contributed by atoms with van der Waals surface area (Å²) in [4.78, 5) is 4.54. The van der Waals surface area contributed by atoms with Crippen LogP contribution in [0.4, 0.5) is 0 Å². The Morgan fingerprint density at radius 3 is 2.62 bits per heavy atom. The predicted octanol–water partition coefficient (Wildman–Crippen LogP) is 3.47. The molecule has 0 atom stereocenters. The predicted molar refractivity (Wildman–Crippen MR) is 101 cm³/mol. The van der Waals surface area contributed by atoms with Gasteiger partial charge in [-0.15, -0.1) is 24.0 Å². The van der Waals surface area contributed by atoms with E-state index in [4.69, 9.17) is 16.3 Å². The Bertz CT molecular complexity index is 453. The third-order valence-corrected chi connectivity index (χ3v) is 3.03. The molecule has 4 nitrogen and oxygen atoms in total. The number of nitrogens with zero attached hydrogens (tertiary/aromatic N) is 1. The van der Waals surface area contributed by atoms with Gasteiger partial charge in [-0.2, -0.15) is 0 Å². The van der Waals surface area contributed by atoms with Gasteiger partial charge < -0.3 is 15.4 Å². The lowest BCUT2D eigenvalue weighted by molar-refractivity contribution is 0.414. The van der Waals surface area contributed by atoms with Gasteiger partial charge in [-0.3, -0.25) is 4.99 Å². The maximum absolute atomic E-state index is 6.21. The molecule has 1 rings (SSSR count). The van der Waals surface area contributed by atoms with E-state index in [0.29, 0.717) is 12.6 Å². The van der Waals surface area contributed by atoms with Gasteiger partial charge in [0.05, 0.1) is 7.11 Å². The Morgan fingerprint density at radius 1 is 1.38 bits per heavy atom. The Hall–Kier alpha value is -0.690. The highest BCUT2D eigenvalue weighted by Gasteiger charge is 2.03. The van der Waals surface area contributed by atoms with E-state index >= 15 is 0 Å². The first kappa shape index (κ1) is 20.3. The minimum Gasteiger partial charge on any atom is -0.497 e. The zero-order valence-electron chi connectivity index (χ0n) is 13.1. The van der Waals surface area contributed by atoms with Gasteiger partial charge in [0.2, 0.25) is 0 Å². The monoisotopic (exact) mass is 425 g/mol. The quantitative estimate of drug-likeness (QED) is 0.417. The molecule has 1 aromatic rings. The molecule has 1 aromatic carbocycles. The Balaban J connectivity index is 0.00000400. The summed E-state index contributed by atoms with van der Waals surface area (Å²) >= 11 is 6.21. The molecule has 2 N–H and O–H groups in total. The van der Waals surface area contributed by atoms with Crippen molar-refractivity contribution in [3.63, 3.8) is 0 Å². The zero-order chi connectivity index (χ0) is 15.0. The smallest absolute Gasteiger partial charge is 0.191 e. The summed E-state index contributed by atoms with van der Waals surface area (Å²) in [5, 5.41) is 7.23. The van der Waals surface area contributed by atoms with E-state index in [1.165, 1.54) is 0 Å². The van der Waals surface area contributed by atoms with Crippen LogP contribution in [0.3, 0.4) is 0 Å². The maximum atomic E-state index is 6.21. The largest absolute Gasteiger partial charge is 0.497 e. The SMILES string of the molecule is CCNC(=NCCc1ccc(OC)cc1Cl)NC(C)C.I. The molecule has 0 amide bonds. The van der Waals surface area contributed by atoms with Gasteiger partial charge in [0.1, 0.15) is 5.75 Å². The lowest BCUT2D eigenvalue weighted by Crippen LogP contribution is -2.41. The van der Waals surface area contributed by atoms with Crippen molar-refractivity contribution in [2.75, 3.05) is 20.2 Å². The van der Waals surface area contributed by atoms with Crippen molar-refractivity contribution in [2.24, 2.45) is 4.99 Å². The van der Waals surface area contributed by atoms with Crippen molar-refractivity contribution in [3.8, 4) is 5.75 Å². The molecule has 0 fully saturated rings. The molecule has 0 heterocycles. The molecule has 0 aliphatic rings. The molecule has 0 saturated carbocycles. The van der Waals surface area contributed by atoms with E-state index in [-0.39, 0.29) is 24.0 Å². The fourth-order valence-electron chi connectivity index (χ4n) is 1.74. The maximum Gasteiger partial charge on any atom is 0.191 e. The van der Waals surface area contributed by atoms with Gasteiger partial charge in [-0.1, -0.05) is 17.7 Å². The lowest BCUT2D eigenvalue weighted by atomic mass is 10.1. The van der Waals surface area contributed by atoms with E-state index in [1.807, 2.05) is 18.2 Å². The summed E-state index contributed by atoms with van der Waals surface area (Å²) in [7, 11) is 1.63. The molecule has 21 heavy (non-hydrogen) atoms. The molecular weight excluding hydrogens is 401 g/mol. The number of nitrogens with one attached hydrogen (secondary N) is 2. The van der Waals surface area contributed by atoms with Crippen LogP contribution in [0.2, 0.25) is 5.02 Å². The van der Waals surface area contributed by atoms with Gasteiger partial charge in [-0.25, -0.2) is 0 Å². The molecule has 0 aliphatic carbocycles. The fourth-order valence-corrected chi connectivity index (χ4v) is 2.00. The van der Waals surface area contributed by atoms with Crippen molar-refractivity contribution in [2.45, 2.75) is 33.2 Å². The molecule has 120 valence electrons. The van der Waals surface area contributed by atoms with Gasteiger partial charge in [0.25, 0.3) is 0 Å². The molecule has 0 aliphatic heterocycles. The second-order valence-corrected chi connectivity index (χ2v) is 5.17. The van der Waals surface area contributed by atoms with Crippen LogP contribution >= 0.6 is 35.6 Å². The Morgan fingerprint density at radius 2 is 2.10 bits per heavy atom. The molecule has 0 bridgehead atoms. The Labute approximate surface area is 149 Å². The first-order valence-corrected chi connectivity index (χ1v) is 7.31. The normalized spacial score (nSPS) is 11.0. The van der Waals surface area contributed by atoms with Crippen molar-refractivity contribution in [1.82, 2.24) is 10.6 Å². The molecular formula is C15H25ClIN3O. The number of aliphatic imine (C=N–C) groups is 1. The summed E-state index contributed by atoms with van der Waals surface area (Å²) < 4.78 is 5.14. The number of guanidine groups is 1. The summed E-state index contributed by atoms with van der Waals surface area (Å²) in [6.45, 7) is 7.77. The summed E-state index contributed by atoms with van der Waals surface area (Å²) in [5.41, 5.74) is 1.08. The molecule has 6 heteroatoms. The number of hydrogen-bond donors (Lipinski definition) is 2. The second-order valence-electron chi connectivity index (χ2n) is 4.77. The van der Waals surface area contributed by atoms with Crippen molar-refractivity contribution in [1.29, 1.82) is 0 Å². The van der Waals surface area contributed by atoms with Gasteiger partial charge in [-0.05, 0) is 44.9 Å². The van der Waals surface area contributed by atoms with Crippen LogP contribution in [0.5, 0.6) is 5.75 Å². The average Bonchev–Trinajstić information content (AvgIpc) is 2.40. The highest BCUT2D eigenvalue weighted by molar-refractivity contribution is 14.0. The number of rotatable bonds is 6. The zero-order valence-corrected chi connectivity index (χ0v) is 16.2. The third kappa shape index (κ3) is 7.76. The van der Waals surface area contributed by atoms with Crippen molar-refractivity contribution in [3.05, 3.63) is 28.8 Å². The number of halogens is 2. The van der Waals surface area contributed by atoms with Crippen molar-refractivity contribution < 1.29 is 4.74 Å². The minimum atomic E-state index is 0. The molecule has 0 saturated heterocycles. The number of hydrogen-bond acceptors (Lipinski definition) is 2. The van der Waals surface area contributed by atoms with E-state index in [1.54, 1.807) is 7.11 Å². The van der Waals surface area contributed by atoms with Crippen LogP contribution in [0, 0.1) is 0 Å². The van der Waals surface area contributed by atoms with Gasteiger partial charge in [0, 0.05) is 24.2 Å². The van der Waals surface area contributed by atoms with Crippen LogP contribution in [-0.4, -0.2) is 32.2 Å². The topological polar surface area (TPSA) is 45.7 Å². The van der Waals surface area contributed by atoms with Crippen molar-refractivity contribution >= 4 is 41.5 Å². The van der Waals surface area contributed by atoms with Crippen LogP contribution in [0.15, 0.2) is 23.2 Å². The number of ether oxygens (including phenoxy) is 1. The fraction of sp³-hybridized carbons (Fsp3) is 0.533. The highest BCUT2D eigenvalue weighted by atomic mass is 127. The van der Waals surface area contributed by atoms with E-state index < -0.39 is 0 Å². The first-order chi connectivity index (χ1) is 9.56. The van der Waals surface area contributed by atoms with Gasteiger partial charge in [0.15, 0.2) is 5.96 Å². The van der Waals surface area contributed by atoms with E-state index in [0.717, 1.165) is 35.3 Å².